The Labute approximate surface area is 722 Å². The number of phosphoric ester groups is 4. The first-order valence-electron chi connectivity index (χ1n) is 39.5. The minimum absolute atomic E-state index is 0.0738. The monoisotopic (exact) mass is 1880 g/mol. The van der Waals surface area contributed by atoms with Crippen LogP contribution in [0.25, 0.3) is 0 Å². The van der Waals surface area contributed by atoms with Gasteiger partial charge in [-0.05, 0) is 114 Å². The zero-order valence-electron chi connectivity index (χ0n) is 71.7. The first kappa shape index (κ1) is 85.4. The number of H-pyrrole nitrogens is 3. The van der Waals surface area contributed by atoms with Crippen LogP contribution in [0.5, 0.6) is 23.0 Å². The lowest BCUT2D eigenvalue weighted by molar-refractivity contribution is -0.208. The molecule has 0 saturated carbocycles. The van der Waals surface area contributed by atoms with E-state index in [1.807, 2.05) is 33.8 Å². The third kappa shape index (κ3) is 19.7. The number of aromatic amines is 3. The maximum Gasteiger partial charge on any atom is 0.530 e. The van der Waals surface area contributed by atoms with E-state index in [-0.39, 0.29) is 63.8 Å². The summed E-state index contributed by atoms with van der Waals surface area (Å²) in [7, 11) is -18.0. The van der Waals surface area contributed by atoms with Crippen LogP contribution in [0.3, 0.4) is 0 Å². The van der Waals surface area contributed by atoms with E-state index >= 15 is 17.6 Å². The van der Waals surface area contributed by atoms with E-state index < -0.39 is 177 Å². The summed E-state index contributed by atoms with van der Waals surface area (Å²) in [6.07, 6.45) is -21.5. The van der Waals surface area contributed by atoms with Crippen molar-refractivity contribution in [1.29, 1.82) is 0 Å². The Balaban J connectivity index is 0.000000148. The summed E-state index contributed by atoms with van der Waals surface area (Å²) >= 11 is 14.9. The van der Waals surface area contributed by atoms with Crippen molar-refractivity contribution in [3.63, 3.8) is 0 Å². The van der Waals surface area contributed by atoms with Crippen molar-refractivity contribution in [3.05, 3.63) is 222 Å². The summed E-state index contributed by atoms with van der Waals surface area (Å²) in [5, 5.41) is 84.8. The maximum atomic E-state index is 15.9. The normalized spacial score (nSPS) is 35.2. The number of aryl methyl sites for hydroxylation is 8. The number of aliphatic hydroxyl groups excluding tert-OH is 8. The molecule has 51 heteroatoms. The number of carbonyl (C=O) groups excluding carboxylic acids is 1. The van der Waals surface area contributed by atoms with Gasteiger partial charge in [0.1, 0.15) is 104 Å². The summed E-state index contributed by atoms with van der Waals surface area (Å²) in [4.78, 5) is 52.9. The molecule has 4 saturated heterocycles. The molecule has 12 heterocycles. The number of benzene rings is 4. The van der Waals surface area contributed by atoms with E-state index in [0.717, 1.165) is 78.8 Å². The van der Waals surface area contributed by atoms with E-state index in [2.05, 4.69) is 26.8 Å². The van der Waals surface area contributed by atoms with Crippen molar-refractivity contribution in [2.45, 2.75) is 179 Å². The largest absolute Gasteiger partial charge is 0.530 e. The fraction of sp³-hybridized carbons (Fsp3) is 0.438. The molecule has 4 fully saturated rings. The molecule has 4 unspecified atom stereocenters. The van der Waals surface area contributed by atoms with E-state index in [1.165, 1.54) is 6.20 Å². The van der Waals surface area contributed by atoms with E-state index in [9.17, 15) is 78.3 Å². The first-order chi connectivity index (χ1) is 60.3. The van der Waals surface area contributed by atoms with Crippen molar-refractivity contribution in [2.75, 3.05) is 26.3 Å². The average Bonchev–Trinajstić information content (AvgIpc) is 1.55. The van der Waals surface area contributed by atoms with Gasteiger partial charge >= 0.3 is 31.3 Å². The van der Waals surface area contributed by atoms with Gasteiger partial charge in [-0.2, -0.15) is 0 Å². The smallest absolute Gasteiger partial charge is 0.403 e. The zero-order chi connectivity index (χ0) is 95.6. The maximum absolute atomic E-state index is 15.9. The predicted octanol–water partition coefficient (Wildman–Crippen LogP) is 8.02. The highest BCUT2D eigenvalue weighted by Gasteiger charge is 2.62. The number of amides is 1. The van der Waals surface area contributed by atoms with Crippen LogP contribution in [0, 0.1) is 69.7 Å². The lowest BCUT2D eigenvalue weighted by Gasteiger charge is -2.33. The molecule has 0 radical (unpaired) electrons. The van der Waals surface area contributed by atoms with Crippen molar-refractivity contribution in [3.8, 4) is 23.0 Å². The molecule has 7 aromatic rings. The fourth-order valence-corrected chi connectivity index (χ4v) is 19.2. The number of phosphoric acid groups is 4. The number of halogens is 4. The average molecular weight is 1890 g/mol. The zero-order valence-corrected chi connectivity index (χ0v) is 71.7. The SMILES string of the molecule is Cc1cc(C)c2c(c1)COP(=O)(OC[C@@]1(F)O[C@@H](n3ccc(=O)[nH]c3=S)[C@H](O)[C@@H]1O)O2.[2H]C([2H])(OP1(=O)OCc2cc(C)cc(C)c2O1)[C@@]1(F)O[C@@H](n2ccc(=O)[nH]c2=S)[C@H](O)[C@@H]1O.[2H]C([2H])(OP1(=O)OCc2cc(C)cc(C)c2O1)[C@@]1(F)O[C@@]([2H])(N2C=CC(=O)NC2=C)[C@H](O)[C@@H]1O.[2H][C@@]1(n2ccc(=O)[nH]c2=S)O[C@](F)(COP2(=O)OCc3cc(C)cc(C)c3O2)[C@@H](O)[C@H]1O. The highest BCUT2D eigenvalue weighted by Crippen LogP contribution is 2.61. The number of nitrogens with zero attached hydrogens (tertiary/aromatic N) is 4. The second-order valence-corrected chi connectivity index (χ2v) is 36.4. The molecular formula is C73H82F4N8O32P4S3. The van der Waals surface area contributed by atoms with Crippen LogP contribution in [0.2, 0.25) is 0 Å². The van der Waals surface area contributed by atoms with Crippen molar-refractivity contribution in [2.24, 2.45) is 0 Å². The van der Waals surface area contributed by atoms with Crippen LogP contribution in [0.1, 0.15) is 93.6 Å². The summed E-state index contributed by atoms with van der Waals surface area (Å²) in [5.41, 5.74) is 6.86. The van der Waals surface area contributed by atoms with Crippen molar-refractivity contribution < 1.29 is 163 Å². The highest BCUT2D eigenvalue weighted by molar-refractivity contribution is 7.71. The molecule has 1 amide bonds. The minimum Gasteiger partial charge on any atom is -0.403 e. The Bertz CT molecular complexity index is 6340. The number of rotatable bonds is 16. The number of ether oxygens (including phenoxy) is 4. The third-order valence-corrected chi connectivity index (χ3v) is 25.2. The summed E-state index contributed by atoms with van der Waals surface area (Å²) in [6, 6.07) is 17.2. The molecule has 124 heavy (non-hydrogen) atoms. The van der Waals surface area contributed by atoms with Crippen LogP contribution in [0.15, 0.2) is 124 Å². The molecule has 9 aliphatic rings. The van der Waals surface area contributed by atoms with Gasteiger partial charge in [0.2, 0.25) is 0 Å². The number of aromatic nitrogens is 6. The van der Waals surface area contributed by atoms with Crippen LogP contribution in [-0.4, -0.2) is 185 Å². The molecule has 40 nitrogen and oxygen atoms in total. The number of hydrogen-bond donors (Lipinski definition) is 12. The van der Waals surface area contributed by atoms with Gasteiger partial charge in [0, 0.05) is 71.3 Å². The molecule has 672 valence electrons. The number of nitrogens with one attached hydrogen (secondary N) is 4. The lowest BCUT2D eigenvalue weighted by atomic mass is 10.1. The standard InChI is InChI=1S/C19H22FN2O8P.3C18H20FN2O8PS/c1-10-6-11(2)16-13(7-10)8-27-31(26,30-16)28-9-19(20)17(25)15(24)18(29-19)22-5-4-14(23)21-12(22)3;3*1-9-5-10(2)14-11(6-9)7-26-30(25,29-14)27-8-18(19)15(24)13(23)16(28-18)21-4-3-12(22)20-17(21)31/h4-7,15,17-18,24-25H,3,8-9H2,1-2H3,(H,21,23);3*3-6,13,15-16,23-24H,7-8H2,1-2H3,(H,20,22,31)/t15-,17+,18-,19-,31?;3*13-,15+,16-,18-,30?/m1111/s1/i9D2,18D;16D;8D2;. The Morgan fingerprint density at radius 1 is 0.460 bits per heavy atom. The minimum atomic E-state index is -4.80. The molecular weight excluding hydrogens is 1800 g/mol. The number of carbonyl (C=O) groups is 1. The van der Waals surface area contributed by atoms with Gasteiger partial charge in [-0.3, -0.25) is 84.0 Å². The van der Waals surface area contributed by atoms with Crippen LogP contribution < -0.4 is 40.1 Å². The second kappa shape index (κ2) is 35.9. The lowest BCUT2D eigenvalue weighted by Crippen LogP contribution is -2.46. The molecule has 0 bridgehead atoms. The molecule has 3 aromatic heterocycles. The molecule has 12 N–H and O–H groups in total. The molecule has 16 rings (SSSR count). The second-order valence-electron chi connectivity index (χ2n) is 29.0. The number of alkyl halides is 4. The van der Waals surface area contributed by atoms with Crippen LogP contribution in [0.4, 0.5) is 17.6 Å². The van der Waals surface area contributed by atoms with E-state index in [4.69, 9.17) is 118 Å². The third-order valence-electron chi connectivity index (χ3n) is 19.3. The Kier molecular flexibility index (Phi) is 24.7. The molecule has 0 aliphatic carbocycles. The summed E-state index contributed by atoms with van der Waals surface area (Å²) in [6.45, 7) is 7.31. The number of fused-ring (bicyclic) bond motifs is 4. The number of aliphatic hydroxyl groups is 8. The first-order valence-corrected chi connectivity index (χ1v) is 43.6. The van der Waals surface area contributed by atoms with Gasteiger partial charge in [0.25, 0.3) is 46.0 Å². The molecule has 4 aromatic carbocycles. The number of hydrogen-bond acceptors (Lipinski definition) is 36. The molecule has 0 spiro atoms. The van der Waals surface area contributed by atoms with Gasteiger partial charge in [-0.15, -0.1) is 0 Å². The Morgan fingerprint density at radius 2 is 0.758 bits per heavy atom. The summed E-state index contributed by atoms with van der Waals surface area (Å²) < 4.78 is 247. The molecule has 20 atom stereocenters. The van der Waals surface area contributed by atoms with Gasteiger partial charge in [0.05, 0.1) is 34.7 Å². The van der Waals surface area contributed by atoms with Gasteiger partial charge in [-0.1, -0.05) is 77.4 Å². The molecule has 9 aliphatic heterocycles. The predicted molar refractivity (Wildman–Crippen MR) is 424 cm³/mol. The summed E-state index contributed by atoms with van der Waals surface area (Å²) in [5.74, 6) is -13.9. The Hall–Kier alpha value is -8.03. The fourth-order valence-electron chi connectivity index (χ4n) is 13.5. The van der Waals surface area contributed by atoms with E-state index in [1.54, 1.807) is 70.2 Å². The Morgan fingerprint density at radius 3 is 1.12 bits per heavy atom. The quantitative estimate of drug-likeness (QED) is 0.0247. The van der Waals surface area contributed by atoms with Crippen LogP contribution in [-0.2, 0) is 105 Å². The van der Waals surface area contributed by atoms with Crippen molar-refractivity contribution in [1.82, 2.24) is 38.9 Å². The highest BCUT2D eigenvalue weighted by atomic mass is 32.1. The van der Waals surface area contributed by atoms with Gasteiger partial charge in [-0.25, -0.2) is 35.8 Å². The van der Waals surface area contributed by atoms with Crippen LogP contribution >= 0.6 is 67.9 Å². The van der Waals surface area contributed by atoms with Crippen molar-refractivity contribution >= 4 is 73.9 Å². The van der Waals surface area contributed by atoms with Gasteiger partial charge in [0.15, 0.2) is 39.2 Å². The van der Waals surface area contributed by atoms with Gasteiger partial charge < -0.3 is 88.1 Å². The van der Waals surface area contributed by atoms with E-state index in [0.29, 0.717) is 55.2 Å². The topological polar surface area (TPSA) is 524 Å².